The van der Waals surface area contributed by atoms with E-state index in [-0.39, 0.29) is 17.3 Å². The maximum atomic E-state index is 11.6. The number of methoxy groups -OCH3 is 2. The molecule has 0 aliphatic rings. The molecule has 0 fully saturated rings. The lowest BCUT2D eigenvalue weighted by atomic mass is 10.1. The molecule has 12 aromatic rings. The fourth-order valence-corrected chi connectivity index (χ4v) is 9.69. The van der Waals surface area contributed by atoms with E-state index < -0.39 is 17.9 Å². The molecule has 6 heterocycles. The van der Waals surface area contributed by atoms with Crippen molar-refractivity contribution in [3.05, 3.63) is 168 Å². The number of nitrogen functional groups attached to an aromatic ring is 1. The Morgan fingerprint density at radius 3 is 1.11 bits per heavy atom. The number of anilines is 1. The van der Waals surface area contributed by atoms with E-state index in [9.17, 15) is 14.4 Å². The molecule has 6 aromatic heterocycles. The third kappa shape index (κ3) is 10.6. The normalized spacial score (nSPS) is 11.1. The summed E-state index contributed by atoms with van der Waals surface area (Å²) >= 11 is 6.80. The number of esters is 2. The number of hydrogen-bond acceptors (Lipinski definition) is 18. The van der Waals surface area contributed by atoms with E-state index in [1.165, 1.54) is 32.4 Å². The minimum absolute atomic E-state index is 0.174. The first-order valence-electron chi connectivity index (χ1n) is 24.3. The van der Waals surface area contributed by atoms with E-state index in [1.807, 2.05) is 90.1 Å². The molecule has 0 amide bonds. The quantitative estimate of drug-likeness (QED) is 0.100. The maximum Gasteiger partial charge on any atom is 0.337 e. The van der Waals surface area contributed by atoms with Crippen LogP contribution in [0.3, 0.4) is 0 Å². The lowest BCUT2D eigenvalue weighted by Crippen LogP contribution is -2.02. The van der Waals surface area contributed by atoms with E-state index >= 15 is 0 Å². The third-order valence-corrected chi connectivity index (χ3v) is 14.3. The first kappa shape index (κ1) is 53.9. The van der Waals surface area contributed by atoms with Gasteiger partial charge >= 0.3 is 17.9 Å². The second kappa shape index (κ2) is 22.1. The number of carboxylic acid groups (broad SMARTS) is 1. The number of carboxylic acids is 1. The summed E-state index contributed by atoms with van der Waals surface area (Å²) in [6.45, 7) is 12.0. The molecule has 0 radical (unpaired) electrons. The fraction of sp³-hybridized carbons (Fsp3) is 0.136. The molecule has 6 aromatic carbocycles. The zero-order valence-electron chi connectivity index (χ0n) is 43.8. The van der Waals surface area contributed by atoms with Crippen LogP contribution in [0.4, 0.5) is 5.69 Å². The molecule has 19 nitrogen and oxygen atoms in total. The predicted molar refractivity (Wildman–Crippen MR) is 303 cm³/mol. The number of aryl methyl sites for hydroxylation is 6. The maximum absolute atomic E-state index is 11.6. The van der Waals surface area contributed by atoms with Crippen molar-refractivity contribution in [3.63, 3.8) is 0 Å². The average Bonchev–Trinajstić information content (AvgIpc) is 4.35. The molecule has 0 saturated heterocycles. The van der Waals surface area contributed by atoms with Gasteiger partial charge < -0.3 is 47.1 Å². The first-order chi connectivity index (χ1) is 38.4. The summed E-state index contributed by atoms with van der Waals surface area (Å²) in [5.41, 5.74) is 18.1. The van der Waals surface area contributed by atoms with Gasteiger partial charge in [-0.3, -0.25) is 0 Å². The van der Waals surface area contributed by atoms with Gasteiger partial charge in [0.2, 0.25) is 17.5 Å². The monoisotopic (exact) mass is 1200 g/mol. The fourth-order valence-electron chi connectivity index (χ4n) is 8.57. The van der Waals surface area contributed by atoms with E-state index in [1.54, 1.807) is 36.4 Å². The van der Waals surface area contributed by atoms with Crippen LogP contribution < -0.4 is 5.73 Å². The van der Waals surface area contributed by atoms with Crippen molar-refractivity contribution in [2.75, 3.05) is 20.0 Å². The summed E-state index contributed by atoms with van der Waals surface area (Å²) < 4.78 is 44.5. The van der Waals surface area contributed by atoms with Crippen LogP contribution in [-0.2, 0) is 9.47 Å². The molecule has 0 unspecified atom stereocenters. The van der Waals surface area contributed by atoms with Gasteiger partial charge in [-0.25, -0.2) is 14.4 Å². The molecule has 0 spiro atoms. The van der Waals surface area contributed by atoms with Gasteiger partial charge in [0, 0.05) is 47.5 Å². The first-order valence-corrected chi connectivity index (χ1v) is 25.9. The lowest BCUT2D eigenvalue weighted by Gasteiger charge is -2.03. The number of fused-ring (bicyclic) bond motifs is 3. The number of ether oxygens (including phenoxy) is 2. The van der Waals surface area contributed by atoms with Crippen molar-refractivity contribution >= 4 is 88.4 Å². The predicted octanol–water partition coefficient (Wildman–Crippen LogP) is 14.7. The molecule has 0 atom stereocenters. The molecular formula is C59H45Br2N7O12. The van der Waals surface area contributed by atoms with Crippen molar-refractivity contribution in [1.82, 2.24) is 30.4 Å². The highest BCUT2D eigenvalue weighted by Gasteiger charge is 2.23. The molecule has 12 rings (SSSR count). The number of furan rings is 3. The topological polar surface area (TPSA) is 272 Å². The smallest absolute Gasteiger partial charge is 0.337 e. The largest absolute Gasteiger partial charge is 0.478 e. The second-order valence-electron chi connectivity index (χ2n) is 18.4. The summed E-state index contributed by atoms with van der Waals surface area (Å²) in [7, 11) is 2.65. The van der Waals surface area contributed by atoms with Crippen LogP contribution in [0, 0.1) is 41.5 Å². The van der Waals surface area contributed by atoms with Gasteiger partial charge in [0.05, 0.1) is 30.9 Å². The van der Waals surface area contributed by atoms with Crippen molar-refractivity contribution in [2.45, 2.75) is 41.5 Å². The van der Waals surface area contributed by atoms with Crippen LogP contribution in [0.2, 0.25) is 0 Å². The highest BCUT2D eigenvalue weighted by molar-refractivity contribution is 9.11. The zero-order chi connectivity index (χ0) is 56.7. The summed E-state index contributed by atoms with van der Waals surface area (Å²) in [5.74, 6) is 1.50. The summed E-state index contributed by atoms with van der Waals surface area (Å²) in [6, 6.07) is 32.3. The van der Waals surface area contributed by atoms with Gasteiger partial charge in [-0.05, 0) is 148 Å². The molecule has 3 N–H and O–H groups in total. The lowest BCUT2D eigenvalue weighted by molar-refractivity contribution is 0.0592. The van der Waals surface area contributed by atoms with Crippen molar-refractivity contribution in [2.24, 2.45) is 0 Å². The summed E-state index contributed by atoms with van der Waals surface area (Å²) in [6.07, 6.45) is 0. The second-order valence-corrected chi connectivity index (χ2v) is 20.1. The van der Waals surface area contributed by atoms with E-state index in [2.05, 4.69) is 68.3 Å². The SMILES string of the molecule is COC(=O)c1ccc(-c2noc(-c3cc4c(C)ccc(C)c4o3)n2)c(Br)c1.COC(=O)c1ccc(-c2noc(-c3cc4c(C)ccc(C)c4o3)n2)c(N)c1.Cc1ccc(C)c2oc(-c3nc(-c4ccc(C(=O)O)cc4Br)no3)cc12. The Balaban J connectivity index is 0.000000135. The van der Waals surface area contributed by atoms with E-state index in [0.717, 1.165) is 66.3 Å². The standard InChI is InChI=1S/C20H15BrN2O4.C20H17N3O4.C19H13BrN2O4/c2*1-10-4-5-11(2)17-14(10)9-16(26-17)19-22-18(23-27-19)13-7-6-12(8-15(13)21)20(24)25-3;1-9-3-4-10(2)16-13(9)8-15(25-16)18-21-17(22-26-18)12-6-5-11(19(23)24)7-14(12)20/h4-9H,1-3H3;4-9H,21H2,1-3H3;3-8H,1-2H3,(H,23,24). The number of carbonyl (C=O) groups is 3. The molecule has 21 heteroatoms. The molecule has 0 bridgehead atoms. The molecular weight excluding hydrogens is 1160 g/mol. The van der Waals surface area contributed by atoms with Crippen molar-refractivity contribution in [3.8, 4) is 69.1 Å². The van der Waals surface area contributed by atoms with Gasteiger partial charge in [-0.2, -0.15) is 15.0 Å². The Bertz CT molecular complexity index is 4090. The van der Waals surface area contributed by atoms with Crippen molar-refractivity contribution in [1.29, 1.82) is 0 Å². The van der Waals surface area contributed by atoms with Crippen molar-refractivity contribution < 1.29 is 55.8 Å². The number of nitrogens with two attached hydrogens (primary N) is 1. The number of rotatable bonds is 9. The third-order valence-electron chi connectivity index (χ3n) is 13.0. The minimum atomic E-state index is -1.00. The Hall–Kier alpha value is -9.47. The summed E-state index contributed by atoms with van der Waals surface area (Å²) in [4.78, 5) is 47.5. The van der Waals surface area contributed by atoms with Crippen LogP contribution in [0.5, 0.6) is 0 Å². The summed E-state index contributed by atoms with van der Waals surface area (Å²) in [5, 5.41) is 24.1. The zero-order valence-corrected chi connectivity index (χ0v) is 47.0. The van der Waals surface area contributed by atoms with Gasteiger partial charge in [-0.15, -0.1) is 0 Å². The Kier molecular flexibility index (Phi) is 14.9. The number of carbonyl (C=O) groups excluding carboxylic acids is 2. The molecule has 80 heavy (non-hydrogen) atoms. The van der Waals surface area contributed by atoms with Gasteiger partial charge in [0.25, 0.3) is 17.7 Å². The van der Waals surface area contributed by atoms with E-state index in [0.29, 0.717) is 83.1 Å². The molecule has 0 aliphatic heterocycles. The highest BCUT2D eigenvalue weighted by atomic mass is 79.9. The number of nitrogens with zero attached hydrogens (tertiary/aromatic N) is 6. The van der Waals surface area contributed by atoms with E-state index in [4.69, 9.17) is 47.1 Å². The number of halogens is 2. The average molecular weight is 1200 g/mol. The number of benzene rings is 6. The molecule has 402 valence electrons. The minimum Gasteiger partial charge on any atom is -0.478 e. The molecule has 0 aliphatic carbocycles. The number of aromatic nitrogens is 6. The van der Waals surface area contributed by atoms with Crippen LogP contribution >= 0.6 is 31.9 Å². The van der Waals surface area contributed by atoms with Crippen LogP contribution in [-0.4, -0.2) is 67.7 Å². The Morgan fingerprint density at radius 1 is 0.450 bits per heavy atom. The van der Waals surface area contributed by atoms with Gasteiger partial charge in [0.15, 0.2) is 17.3 Å². The highest BCUT2D eigenvalue weighted by Crippen LogP contribution is 2.37. The number of hydrogen-bond donors (Lipinski definition) is 2. The van der Waals surface area contributed by atoms with Crippen LogP contribution in [0.15, 0.2) is 145 Å². The van der Waals surface area contributed by atoms with Crippen LogP contribution in [0.25, 0.3) is 102 Å². The van der Waals surface area contributed by atoms with Gasteiger partial charge in [-0.1, -0.05) is 83.7 Å². The van der Waals surface area contributed by atoms with Gasteiger partial charge in [0.1, 0.15) is 16.7 Å². The van der Waals surface area contributed by atoms with Crippen LogP contribution in [0.1, 0.15) is 64.5 Å². The molecule has 0 saturated carbocycles. The Morgan fingerprint density at radius 2 is 0.775 bits per heavy atom. The Labute approximate surface area is 470 Å². The number of aromatic carboxylic acids is 1.